The van der Waals surface area contributed by atoms with Crippen molar-refractivity contribution in [2.45, 2.75) is 32.2 Å². The number of rotatable bonds is 6. The number of hydrogen-bond donors (Lipinski definition) is 0. The highest BCUT2D eigenvalue weighted by Gasteiger charge is 2.31. The molecule has 2 amide bonds. The summed E-state index contributed by atoms with van der Waals surface area (Å²) < 4.78 is 16.3. The molecule has 0 spiro atoms. The van der Waals surface area contributed by atoms with E-state index in [1.54, 1.807) is 18.3 Å². The van der Waals surface area contributed by atoms with Crippen LogP contribution in [0.3, 0.4) is 0 Å². The number of piperidine rings is 1. The molecule has 3 aliphatic rings. The normalized spacial score (nSPS) is 17.4. The Hall–Kier alpha value is -4.22. The number of aromatic nitrogens is 2. The Balaban J connectivity index is 0.923. The lowest BCUT2D eigenvalue weighted by Gasteiger charge is -2.34. The summed E-state index contributed by atoms with van der Waals surface area (Å²) in [6.07, 6.45) is 1.60. The predicted octanol–water partition coefficient (Wildman–Crippen LogP) is 4.81. The van der Waals surface area contributed by atoms with Gasteiger partial charge in [-0.05, 0) is 37.5 Å². The first-order chi connectivity index (χ1) is 21.0. The van der Waals surface area contributed by atoms with E-state index in [0.717, 1.165) is 54.5 Å². The molecule has 0 saturated carbocycles. The van der Waals surface area contributed by atoms with Crippen LogP contribution in [0.5, 0.6) is 11.5 Å². The lowest BCUT2D eigenvalue weighted by Crippen LogP contribution is -2.48. The van der Waals surface area contributed by atoms with Gasteiger partial charge in [-0.3, -0.25) is 14.5 Å². The summed E-state index contributed by atoms with van der Waals surface area (Å²) >= 11 is 1.55. The minimum atomic E-state index is -0.0521. The molecule has 0 unspecified atom stereocenters. The summed E-state index contributed by atoms with van der Waals surface area (Å²) in [5.74, 6) is 2.29. The van der Waals surface area contributed by atoms with Gasteiger partial charge in [-0.2, -0.15) is 0 Å². The van der Waals surface area contributed by atoms with Crippen molar-refractivity contribution < 1.29 is 23.6 Å². The van der Waals surface area contributed by atoms with Crippen molar-refractivity contribution >= 4 is 23.2 Å². The second-order valence-electron chi connectivity index (χ2n) is 11.2. The number of thiazole rings is 1. The Kier molecular flexibility index (Phi) is 7.58. The Labute approximate surface area is 253 Å². The highest BCUT2D eigenvalue weighted by molar-refractivity contribution is 7.09. The molecule has 2 saturated heterocycles. The lowest BCUT2D eigenvalue weighted by molar-refractivity contribution is 0.0623. The van der Waals surface area contributed by atoms with Crippen molar-refractivity contribution in [2.75, 3.05) is 46.1 Å². The third-order valence-electron chi connectivity index (χ3n) is 8.50. The summed E-state index contributed by atoms with van der Waals surface area (Å²) in [7, 11) is 0. The van der Waals surface area contributed by atoms with E-state index < -0.39 is 0 Å². The van der Waals surface area contributed by atoms with Crippen LogP contribution >= 0.6 is 11.3 Å². The van der Waals surface area contributed by atoms with Crippen molar-refractivity contribution in [3.63, 3.8) is 0 Å². The van der Waals surface area contributed by atoms with Gasteiger partial charge in [-0.25, -0.2) is 4.98 Å². The standard InChI is InChI=1S/C32H33N5O5S/c1-21-28(29(34-42-21)23-5-3-2-4-6-23)32(39)36-11-9-24(10-12-36)30-33-25(19-43-30)31(38)37-15-13-35(14-16-37)18-22-7-8-26-27(17-22)41-20-40-26/h2-8,17,19,24H,9-16,18,20H2,1H3. The molecule has 5 heterocycles. The summed E-state index contributed by atoms with van der Waals surface area (Å²) in [4.78, 5) is 37.7. The molecule has 0 aliphatic carbocycles. The topological polar surface area (TPSA) is 101 Å². The van der Waals surface area contributed by atoms with Gasteiger partial charge >= 0.3 is 0 Å². The summed E-state index contributed by atoms with van der Waals surface area (Å²) in [6.45, 7) is 7.07. The zero-order valence-electron chi connectivity index (χ0n) is 24.0. The van der Waals surface area contributed by atoms with Gasteiger partial charge in [-0.1, -0.05) is 41.6 Å². The third-order valence-corrected chi connectivity index (χ3v) is 9.51. The molecule has 2 aromatic carbocycles. The number of carbonyl (C=O) groups is 2. The largest absolute Gasteiger partial charge is 0.454 e. The molecule has 2 fully saturated rings. The van der Waals surface area contributed by atoms with E-state index in [1.807, 2.05) is 57.6 Å². The maximum absolute atomic E-state index is 13.5. The van der Waals surface area contributed by atoms with Gasteiger partial charge in [-0.15, -0.1) is 11.3 Å². The molecule has 3 aliphatic heterocycles. The van der Waals surface area contributed by atoms with E-state index in [2.05, 4.69) is 16.1 Å². The molecule has 222 valence electrons. The molecule has 0 radical (unpaired) electrons. The molecule has 2 aromatic heterocycles. The highest BCUT2D eigenvalue weighted by Crippen LogP contribution is 2.34. The van der Waals surface area contributed by atoms with Crippen LogP contribution in [0, 0.1) is 6.92 Å². The van der Waals surface area contributed by atoms with Crippen molar-refractivity contribution in [3.8, 4) is 22.8 Å². The number of likely N-dealkylation sites (tertiary alicyclic amines) is 1. The van der Waals surface area contributed by atoms with Crippen LogP contribution in [-0.4, -0.2) is 82.7 Å². The lowest BCUT2D eigenvalue weighted by atomic mass is 9.96. The number of carbonyl (C=O) groups excluding carboxylic acids is 2. The van der Waals surface area contributed by atoms with Crippen LogP contribution in [0.25, 0.3) is 11.3 Å². The molecule has 7 rings (SSSR count). The number of hydrogen-bond acceptors (Lipinski definition) is 9. The Bertz CT molecular complexity index is 1620. The average Bonchev–Trinajstić information content (AvgIpc) is 3.81. The fourth-order valence-corrected chi connectivity index (χ4v) is 7.01. The second-order valence-corrected chi connectivity index (χ2v) is 12.1. The van der Waals surface area contributed by atoms with Crippen LogP contribution in [0.2, 0.25) is 0 Å². The maximum Gasteiger partial charge on any atom is 0.273 e. The molecule has 0 atom stereocenters. The van der Waals surface area contributed by atoms with E-state index in [1.165, 1.54) is 5.56 Å². The number of amides is 2. The fourth-order valence-electron chi connectivity index (χ4n) is 6.05. The van der Waals surface area contributed by atoms with E-state index in [4.69, 9.17) is 19.0 Å². The molecule has 0 bridgehead atoms. The smallest absolute Gasteiger partial charge is 0.273 e. The van der Waals surface area contributed by atoms with Crippen molar-refractivity contribution in [3.05, 3.63) is 81.5 Å². The third kappa shape index (κ3) is 5.62. The van der Waals surface area contributed by atoms with Crippen LogP contribution in [-0.2, 0) is 6.54 Å². The second kappa shape index (κ2) is 11.8. The zero-order chi connectivity index (χ0) is 29.3. The average molecular weight is 600 g/mol. The quantitative estimate of drug-likeness (QED) is 0.311. The van der Waals surface area contributed by atoms with Gasteiger partial charge in [0.15, 0.2) is 11.5 Å². The molecular weight excluding hydrogens is 566 g/mol. The van der Waals surface area contributed by atoms with Crippen LogP contribution in [0.15, 0.2) is 58.4 Å². The summed E-state index contributed by atoms with van der Waals surface area (Å²) in [5, 5.41) is 7.04. The van der Waals surface area contributed by atoms with E-state index in [-0.39, 0.29) is 24.5 Å². The SMILES string of the molecule is Cc1onc(-c2ccccc2)c1C(=O)N1CCC(c2nc(C(=O)N3CCN(Cc4ccc5c(c4)OCO5)CC3)cs2)CC1. The predicted molar refractivity (Wildman–Crippen MR) is 160 cm³/mol. The number of benzene rings is 2. The maximum atomic E-state index is 13.5. The van der Waals surface area contributed by atoms with Crippen molar-refractivity contribution in [1.82, 2.24) is 24.8 Å². The Morgan fingerprint density at radius 2 is 1.65 bits per heavy atom. The van der Waals surface area contributed by atoms with Gasteiger partial charge in [0.25, 0.3) is 11.8 Å². The first-order valence-electron chi connectivity index (χ1n) is 14.7. The minimum Gasteiger partial charge on any atom is -0.454 e. The molecule has 11 heteroatoms. The van der Waals surface area contributed by atoms with Gasteiger partial charge in [0, 0.05) is 62.7 Å². The fraction of sp³-hybridized carbons (Fsp3) is 0.375. The summed E-state index contributed by atoms with van der Waals surface area (Å²) in [5.41, 5.74) is 3.68. The van der Waals surface area contributed by atoms with Crippen LogP contribution in [0.4, 0.5) is 0 Å². The minimum absolute atomic E-state index is 0.00535. The first kappa shape index (κ1) is 27.6. The van der Waals surface area contributed by atoms with Gasteiger partial charge < -0.3 is 23.8 Å². The highest BCUT2D eigenvalue weighted by atomic mass is 32.1. The summed E-state index contributed by atoms with van der Waals surface area (Å²) in [6, 6.07) is 15.7. The van der Waals surface area contributed by atoms with Crippen LogP contribution in [0.1, 0.15) is 55.9 Å². The van der Waals surface area contributed by atoms with Gasteiger partial charge in [0.05, 0.1) is 5.01 Å². The number of piperazine rings is 1. The Morgan fingerprint density at radius 1 is 0.907 bits per heavy atom. The monoisotopic (exact) mass is 599 g/mol. The number of ether oxygens (including phenoxy) is 2. The number of aryl methyl sites for hydroxylation is 1. The Morgan fingerprint density at radius 3 is 2.44 bits per heavy atom. The van der Waals surface area contributed by atoms with Crippen molar-refractivity contribution in [1.29, 1.82) is 0 Å². The molecular formula is C32H33N5O5S. The van der Waals surface area contributed by atoms with Crippen molar-refractivity contribution in [2.24, 2.45) is 0 Å². The number of fused-ring (bicyclic) bond motifs is 1. The van der Waals surface area contributed by atoms with E-state index >= 15 is 0 Å². The van der Waals surface area contributed by atoms with Gasteiger partial charge in [0.2, 0.25) is 6.79 Å². The van der Waals surface area contributed by atoms with Gasteiger partial charge in [0.1, 0.15) is 22.7 Å². The van der Waals surface area contributed by atoms with E-state index in [9.17, 15) is 9.59 Å². The molecule has 10 nitrogen and oxygen atoms in total. The first-order valence-corrected chi connectivity index (χ1v) is 15.6. The molecule has 43 heavy (non-hydrogen) atoms. The number of nitrogens with zero attached hydrogens (tertiary/aromatic N) is 5. The van der Waals surface area contributed by atoms with Crippen LogP contribution < -0.4 is 9.47 Å². The molecule has 4 aromatic rings. The zero-order valence-corrected chi connectivity index (χ0v) is 24.8. The van der Waals surface area contributed by atoms with E-state index in [0.29, 0.717) is 48.9 Å². The molecule has 0 N–H and O–H groups in total.